The lowest BCUT2D eigenvalue weighted by Crippen LogP contribution is -2.18. The minimum atomic E-state index is -0.913. The van der Waals surface area contributed by atoms with E-state index in [9.17, 15) is 4.79 Å². The first-order valence-electron chi connectivity index (χ1n) is 6.07. The smallest absolute Gasteiger partial charge is 0.335 e. The molecule has 106 valence electrons. The van der Waals surface area contributed by atoms with Crippen LogP contribution in [0, 0.1) is 6.92 Å². The summed E-state index contributed by atoms with van der Waals surface area (Å²) in [5, 5.41) is 12.1. The van der Waals surface area contributed by atoms with Crippen molar-refractivity contribution >= 4 is 33.2 Å². The van der Waals surface area contributed by atoms with Crippen molar-refractivity contribution in [3.63, 3.8) is 0 Å². The van der Waals surface area contributed by atoms with Gasteiger partial charge in [-0.1, -0.05) is 22.0 Å². The van der Waals surface area contributed by atoms with Gasteiger partial charge in [0.25, 0.3) is 0 Å². The maximum absolute atomic E-state index is 10.9. The largest absolute Gasteiger partial charge is 0.478 e. The van der Waals surface area contributed by atoms with Gasteiger partial charge in [-0.2, -0.15) is 0 Å². The molecule has 0 aliphatic carbocycles. The van der Waals surface area contributed by atoms with Crippen LogP contribution < -0.4 is 0 Å². The molecule has 4 nitrogen and oxygen atoms in total. The summed E-state index contributed by atoms with van der Waals surface area (Å²) < 4.78 is 0.818. The van der Waals surface area contributed by atoms with Gasteiger partial charge < -0.3 is 5.11 Å². The Kier molecular flexibility index (Phi) is 4.91. The summed E-state index contributed by atoms with van der Waals surface area (Å²) in [6, 6.07) is 5.11. The second kappa shape index (κ2) is 6.47. The van der Waals surface area contributed by atoms with Gasteiger partial charge in [0, 0.05) is 22.9 Å². The van der Waals surface area contributed by atoms with Crippen LogP contribution in [-0.4, -0.2) is 28.0 Å². The number of nitrogens with zero attached hydrogens (tertiary/aromatic N) is 2. The number of benzene rings is 1. The Morgan fingerprint density at radius 2 is 2.20 bits per heavy atom. The van der Waals surface area contributed by atoms with E-state index in [1.807, 2.05) is 20.0 Å². The Balaban J connectivity index is 2.04. The van der Waals surface area contributed by atoms with Gasteiger partial charge in [-0.05, 0) is 31.7 Å². The molecule has 0 fully saturated rings. The van der Waals surface area contributed by atoms with Crippen molar-refractivity contribution in [2.75, 3.05) is 7.05 Å². The van der Waals surface area contributed by atoms with E-state index in [1.165, 1.54) is 0 Å². The molecule has 1 aromatic heterocycles. The van der Waals surface area contributed by atoms with Crippen LogP contribution in [0.5, 0.6) is 0 Å². The third kappa shape index (κ3) is 3.88. The van der Waals surface area contributed by atoms with Crippen LogP contribution in [0.3, 0.4) is 0 Å². The molecule has 0 saturated carbocycles. The number of aryl methyl sites for hydroxylation is 1. The van der Waals surface area contributed by atoms with E-state index in [1.54, 1.807) is 23.5 Å². The predicted molar refractivity (Wildman–Crippen MR) is 83.1 cm³/mol. The lowest BCUT2D eigenvalue weighted by Gasteiger charge is -2.16. The summed E-state index contributed by atoms with van der Waals surface area (Å²) in [6.07, 6.45) is 0. The molecule has 0 radical (unpaired) electrons. The van der Waals surface area contributed by atoms with E-state index in [2.05, 4.69) is 31.2 Å². The summed E-state index contributed by atoms with van der Waals surface area (Å²) in [5.41, 5.74) is 2.41. The van der Waals surface area contributed by atoms with Crippen LogP contribution in [0.1, 0.15) is 26.6 Å². The van der Waals surface area contributed by atoms with Crippen molar-refractivity contribution in [3.8, 4) is 0 Å². The maximum Gasteiger partial charge on any atom is 0.335 e. The maximum atomic E-state index is 10.9. The SMILES string of the molecule is Cc1nc(CN(C)Cc2ccc(C(=O)O)cc2Br)cs1. The number of halogens is 1. The number of aromatic nitrogens is 1. The van der Waals surface area contributed by atoms with Crippen molar-refractivity contribution < 1.29 is 9.90 Å². The van der Waals surface area contributed by atoms with Crippen LogP contribution in [-0.2, 0) is 13.1 Å². The van der Waals surface area contributed by atoms with Gasteiger partial charge in [-0.3, -0.25) is 4.90 Å². The van der Waals surface area contributed by atoms with Crippen LogP contribution >= 0.6 is 27.3 Å². The lowest BCUT2D eigenvalue weighted by atomic mass is 10.1. The van der Waals surface area contributed by atoms with Crippen molar-refractivity contribution in [1.82, 2.24) is 9.88 Å². The number of hydrogen-bond donors (Lipinski definition) is 1. The van der Waals surface area contributed by atoms with Crippen LogP contribution in [0.4, 0.5) is 0 Å². The minimum Gasteiger partial charge on any atom is -0.478 e. The molecule has 2 rings (SSSR count). The van der Waals surface area contributed by atoms with E-state index in [0.29, 0.717) is 5.56 Å². The number of rotatable bonds is 5. The molecular weight excluding hydrogens is 340 g/mol. The number of thiazole rings is 1. The first-order valence-corrected chi connectivity index (χ1v) is 7.74. The van der Waals surface area contributed by atoms with Crippen molar-refractivity contribution in [1.29, 1.82) is 0 Å². The van der Waals surface area contributed by atoms with E-state index in [-0.39, 0.29) is 0 Å². The zero-order valence-electron chi connectivity index (χ0n) is 11.3. The van der Waals surface area contributed by atoms with Gasteiger partial charge in [0.2, 0.25) is 0 Å². The van der Waals surface area contributed by atoms with Gasteiger partial charge >= 0.3 is 5.97 Å². The summed E-state index contributed by atoms with van der Waals surface area (Å²) in [5.74, 6) is -0.913. The summed E-state index contributed by atoms with van der Waals surface area (Å²) in [6.45, 7) is 3.50. The number of carbonyl (C=O) groups is 1. The topological polar surface area (TPSA) is 53.4 Å². The fourth-order valence-electron chi connectivity index (χ4n) is 1.91. The van der Waals surface area contributed by atoms with Gasteiger partial charge in [0.05, 0.1) is 16.3 Å². The monoisotopic (exact) mass is 354 g/mol. The Morgan fingerprint density at radius 1 is 1.45 bits per heavy atom. The molecule has 1 aromatic carbocycles. The molecule has 0 amide bonds. The molecular formula is C14H15BrN2O2S. The lowest BCUT2D eigenvalue weighted by molar-refractivity contribution is 0.0697. The number of aromatic carboxylic acids is 1. The molecule has 0 unspecified atom stereocenters. The molecule has 0 saturated heterocycles. The highest BCUT2D eigenvalue weighted by Gasteiger charge is 2.10. The standard InChI is InChI=1S/C14H15BrN2O2S/c1-9-16-12(8-20-9)7-17(2)6-11-4-3-10(14(18)19)5-13(11)15/h3-5,8H,6-7H2,1-2H3,(H,18,19). The molecule has 1 heterocycles. The second-order valence-corrected chi connectivity index (χ2v) is 6.56. The Bertz CT molecular complexity index is 627. The zero-order chi connectivity index (χ0) is 14.7. The molecule has 1 N–H and O–H groups in total. The first-order chi connectivity index (χ1) is 9.45. The van der Waals surface area contributed by atoms with E-state index >= 15 is 0 Å². The third-order valence-corrected chi connectivity index (χ3v) is 4.40. The molecule has 20 heavy (non-hydrogen) atoms. The molecule has 0 bridgehead atoms. The number of carboxylic acids is 1. The molecule has 0 aliphatic rings. The highest BCUT2D eigenvalue weighted by molar-refractivity contribution is 9.10. The fraction of sp³-hybridized carbons (Fsp3) is 0.286. The fourth-order valence-corrected chi connectivity index (χ4v) is 3.02. The van der Waals surface area contributed by atoms with Gasteiger partial charge in [0.15, 0.2) is 0 Å². The summed E-state index contributed by atoms with van der Waals surface area (Å²) in [7, 11) is 2.02. The normalized spacial score (nSPS) is 11.0. The van der Waals surface area contributed by atoms with Crippen LogP contribution in [0.15, 0.2) is 28.1 Å². The average molecular weight is 355 g/mol. The Morgan fingerprint density at radius 3 is 2.75 bits per heavy atom. The van der Waals surface area contributed by atoms with Crippen LogP contribution in [0.25, 0.3) is 0 Å². The molecule has 6 heteroatoms. The third-order valence-electron chi connectivity index (χ3n) is 2.84. The predicted octanol–water partition coefficient (Wildman–Crippen LogP) is 3.54. The first kappa shape index (κ1) is 15.2. The van der Waals surface area contributed by atoms with Gasteiger partial charge in [-0.15, -0.1) is 11.3 Å². The Hall–Kier alpha value is -1.24. The molecule has 0 spiro atoms. The van der Waals surface area contributed by atoms with Gasteiger partial charge in [-0.25, -0.2) is 9.78 Å². The van der Waals surface area contributed by atoms with E-state index < -0.39 is 5.97 Å². The second-order valence-electron chi connectivity index (χ2n) is 4.64. The minimum absolute atomic E-state index is 0.290. The number of hydrogen-bond acceptors (Lipinski definition) is 4. The van der Waals surface area contributed by atoms with E-state index in [4.69, 9.17) is 5.11 Å². The van der Waals surface area contributed by atoms with Gasteiger partial charge in [0.1, 0.15) is 0 Å². The van der Waals surface area contributed by atoms with E-state index in [0.717, 1.165) is 33.8 Å². The Labute approximate surface area is 130 Å². The average Bonchev–Trinajstić information content (AvgIpc) is 2.77. The highest BCUT2D eigenvalue weighted by Crippen LogP contribution is 2.21. The summed E-state index contributed by atoms with van der Waals surface area (Å²) in [4.78, 5) is 17.5. The van der Waals surface area contributed by atoms with Crippen molar-refractivity contribution in [2.45, 2.75) is 20.0 Å². The molecule has 2 aromatic rings. The summed E-state index contributed by atoms with van der Waals surface area (Å²) >= 11 is 5.08. The quantitative estimate of drug-likeness (QED) is 0.891. The number of carboxylic acid groups (broad SMARTS) is 1. The molecule has 0 aliphatic heterocycles. The van der Waals surface area contributed by atoms with Crippen molar-refractivity contribution in [3.05, 3.63) is 49.9 Å². The molecule has 0 atom stereocenters. The van der Waals surface area contributed by atoms with Crippen molar-refractivity contribution in [2.24, 2.45) is 0 Å². The zero-order valence-corrected chi connectivity index (χ0v) is 13.7. The highest BCUT2D eigenvalue weighted by atomic mass is 79.9. The van der Waals surface area contributed by atoms with Crippen LogP contribution in [0.2, 0.25) is 0 Å².